The number of aliphatic hydroxyl groups is 1. The van der Waals surface area contributed by atoms with Crippen LogP contribution in [-0.2, 0) is 4.79 Å². The van der Waals surface area contributed by atoms with Gasteiger partial charge in [0.15, 0.2) is 0 Å². The first kappa shape index (κ1) is 16.4. The van der Waals surface area contributed by atoms with Gasteiger partial charge in [-0.05, 0) is 25.2 Å². The van der Waals surface area contributed by atoms with Crippen molar-refractivity contribution in [1.29, 1.82) is 0 Å². The molecular formula is C13H28N2O2. The van der Waals surface area contributed by atoms with Gasteiger partial charge in [-0.2, -0.15) is 0 Å². The second-order valence-corrected chi connectivity index (χ2v) is 5.69. The van der Waals surface area contributed by atoms with Gasteiger partial charge in [-0.1, -0.05) is 27.7 Å². The lowest BCUT2D eigenvalue weighted by Crippen LogP contribution is -2.47. The molecule has 0 aromatic heterocycles. The summed E-state index contributed by atoms with van der Waals surface area (Å²) in [4.78, 5) is 11.6. The molecule has 0 bridgehead atoms. The average molecular weight is 244 g/mol. The van der Waals surface area contributed by atoms with Crippen molar-refractivity contribution in [2.75, 3.05) is 13.2 Å². The van der Waals surface area contributed by atoms with E-state index < -0.39 is 0 Å². The number of rotatable bonds is 7. The average Bonchev–Trinajstić information content (AvgIpc) is 2.22. The Kier molecular flexibility index (Phi) is 7.39. The molecule has 102 valence electrons. The van der Waals surface area contributed by atoms with Crippen molar-refractivity contribution in [3.63, 3.8) is 0 Å². The van der Waals surface area contributed by atoms with Crippen molar-refractivity contribution >= 4 is 5.91 Å². The highest BCUT2D eigenvalue weighted by atomic mass is 16.3. The normalized spacial score (nSPS) is 15.4. The lowest BCUT2D eigenvalue weighted by molar-refractivity contribution is -0.121. The molecule has 0 rings (SSSR count). The Bertz CT molecular complexity index is 224. The molecular weight excluding hydrogens is 216 g/mol. The first-order chi connectivity index (χ1) is 7.81. The summed E-state index contributed by atoms with van der Waals surface area (Å²) in [5.74, 6) is 0.0199. The van der Waals surface area contributed by atoms with E-state index in [1.165, 1.54) is 0 Å². The molecule has 0 heterocycles. The third-order valence-corrected chi connectivity index (χ3v) is 2.99. The van der Waals surface area contributed by atoms with E-state index in [0.717, 1.165) is 6.42 Å². The second-order valence-electron chi connectivity index (χ2n) is 5.69. The standard InChI is InChI=1S/C13H28N2O2/c1-6-10(2)15-12(17)9-14-11(7-8-16)13(3,4)5/h10-11,14,16H,6-9H2,1-5H3,(H,15,17). The molecule has 0 spiro atoms. The molecule has 0 aliphatic rings. The minimum atomic E-state index is 0.0199. The molecule has 0 saturated heterocycles. The van der Waals surface area contributed by atoms with Crippen LogP contribution in [0.5, 0.6) is 0 Å². The Hall–Kier alpha value is -0.610. The third-order valence-electron chi connectivity index (χ3n) is 2.99. The summed E-state index contributed by atoms with van der Waals surface area (Å²) in [6.45, 7) is 10.8. The fourth-order valence-electron chi connectivity index (χ4n) is 1.61. The van der Waals surface area contributed by atoms with E-state index in [4.69, 9.17) is 5.11 Å². The monoisotopic (exact) mass is 244 g/mol. The number of nitrogens with one attached hydrogen (secondary N) is 2. The molecule has 1 amide bonds. The smallest absolute Gasteiger partial charge is 0.234 e. The van der Waals surface area contributed by atoms with Crippen molar-refractivity contribution < 1.29 is 9.90 Å². The molecule has 0 radical (unpaired) electrons. The fourth-order valence-corrected chi connectivity index (χ4v) is 1.61. The summed E-state index contributed by atoms with van der Waals surface area (Å²) in [5.41, 5.74) is 0.0411. The number of amides is 1. The highest BCUT2D eigenvalue weighted by molar-refractivity contribution is 5.78. The van der Waals surface area contributed by atoms with Gasteiger partial charge in [-0.3, -0.25) is 4.79 Å². The molecule has 2 atom stereocenters. The quantitative estimate of drug-likeness (QED) is 0.632. The van der Waals surface area contributed by atoms with Crippen LogP contribution in [-0.4, -0.2) is 36.2 Å². The molecule has 0 aromatic carbocycles. The zero-order valence-electron chi connectivity index (χ0n) is 11.8. The number of carbonyl (C=O) groups is 1. The van der Waals surface area contributed by atoms with Gasteiger partial charge in [0.05, 0.1) is 6.54 Å². The van der Waals surface area contributed by atoms with Crippen molar-refractivity contribution in [3.05, 3.63) is 0 Å². The molecule has 0 fully saturated rings. The van der Waals surface area contributed by atoms with Gasteiger partial charge >= 0.3 is 0 Å². The predicted molar refractivity (Wildman–Crippen MR) is 70.8 cm³/mol. The fraction of sp³-hybridized carbons (Fsp3) is 0.923. The number of hydrogen-bond acceptors (Lipinski definition) is 3. The summed E-state index contributed by atoms with van der Waals surface area (Å²) in [5, 5.41) is 15.1. The Morgan fingerprint density at radius 1 is 1.35 bits per heavy atom. The van der Waals surface area contributed by atoms with Gasteiger partial charge in [0.2, 0.25) is 5.91 Å². The van der Waals surface area contributed by atoms with E-state index >= 15 is 0 Å². The first-order valence-electron chi connectivity index (χ1n) is 6.44. The largest absolute Gasteiger partial charge is 0.396 e. The van der Waals surface area contributed by atoms with Crippen LogP contribution in [0.15, 0.2) is 0 Å². The maximum atomic E-state index is 11.6. The third kappa shape index (κ3) is 7.34. The zero-order valence-corrected chi connectivity index (χ0v) is 11.8. The zero-order chi connectivity index (χ0) is 13.5. The Morgan fingerprint density at radius 3 is 2.35 bits per heavy atom. The number of carbonyl (C=O) groups excluding carboxylic acids is 1. The van der Waals surface area contributed by atoms with Gasteiger partial charge in [0.1, 0.15) is 0 Å². The maximum Gasteiger partial charge on any atom is 0.234 e. The van der Waals surface area contributed by atoms with E-state index in [1.54, 1.807) is 0 Å². The molecule has 4 nitrogen and oxygen atoms in total. The van der Waals surface area contributed by atoms with Crippen LogP contribution >= 0.6 is 0 Å². The SMILES string of the molecule is CCC(C)NC(=O)CNC(CCO)C(C)(C)C. The summed E-state index contributed by atoms with van der Waals surface area (Å²) in [6.07, 6.45) is 1.60. The summed E-state index contributed by atoms with van der Waals surface area (Å²) >= 11 is 0. The molecule has 0 aromatic rings. The highest BCUT2D eigenvalue weighted by Gasteiger charge is 2.24. The van der Waals surface area contributed by atoms with Crippen LogP contribution in [0.1, 0.15) is 47.5 Å². The molecule has 0 aliphatic heterocycles. The van der Waals surface area contributed by atoms with Gasteiger partial charge in [-0.25, -0.2) is 0 Å². The van der Waals surface area contributed by atoms with Crippen molar-refractivity contribution in [2.45, 2.75) is 59.5 Å². The van der Waals surface area contributed by atoms with Crippen LogP contribution in [0.2, 0.25) is 0 Å². The maximum absolute atomic E-state index is 11.6. The van der Waals surface area contributed by atoms with E-state index in [-0.39, 0.29) is 30.0 Å². The van der Waals surface area contributed by atoms with E-state index in [9.17, 15) is 4.79 Å². The predicted octanol–water partition coefficient (Wildman–Crippen LogP) is 1.29. The first-order valence-corrected chi connectivity index (χ1v) is 6.44. The molecule has 0 saturated carbocycles. The van der Waals surface area contributed by atoms with Gasteiger partial charge in [0, 0.05) is 18.7 Å². The van der Waals surface area contributed by atoms with Crippen LogP contribution in [0.4, 0.5) is 0 Å². The molecule has 17 heavy (non-hydrogen) atoms. The summed E-state index contributed by atoms with van der Waals surface area (Å²) in [7, 11) is 0. The summed E-state index contributed by atoms with van der Waals surface area (Å²) in [6, 6.07) is 0.366. The van der Waals surface area contributed by atoms with E-state index in [1.807, 2.05) is 13.8 Å². The van der Waals surface area contributed by atoms with Crippen LogP contribution < -0.4 is 10.6 Å². The van der Waals surface area contributed by atoms with Gasteiger partial charge in [-0.15, -0.1) is 0 Å². The Labute approximate surface area is 105 Å². The molecule has 3 N–H and O–H groups in total. The lowest BCUT2D eigenvalue weighted by atomic mass is 9.85. The summed E-state index contributed by atoms with van der Waals surface area (Å²) < 4.78 is 0. The lowest BCUT2D eigenvalue weighted by Gasteiger charge is -2.31. The van der Waals surface area contributed by atoms with Crippen LogP contribution in [0.3, 0.4) is 0 Å². The minimum absolute atomic E-state index is 0.0199. The molecule has 4 heteroatoms. The van der Waals surface area contributed by atoms with Crippen molar-refractivity contribution in [1.82, 2.24) is 10.6 Å². The van der Waals surface area contributed by atoms with Crippen molar-refractivity contribution in [2.24, 2.45) is 5.41 Å². The number of aliphatic hydroxyl groups excluding tert-OH is 1. The van der Waals surface area contributed by atoms with E-state index in [0.29, 0.717) is 13.0 Å². The van der Waals surface area contributed by atoms with Crippen LogP contribution in [0.25, 0.3) is 0 Å². The minimum Gasteiger partial charge on any atom is -0.396 e. The Balaban J connectivity index is 4.09. The van der Waals surface area contributed by atoms with Gasteiger partial charge in [0.25, 0.3) is 0 Å². The Morgan fingerprint density at radius 2 is 1.94 bits per heavy atom. The van der Waals surface area contributed by atoms with Crippen molar-refractivity contribution in [3.8, 4) is 0 Å². The second kappa shape index (κ2) is 7.67. The molecule has 2 unspecified atom stereocenters. The van der Waals surface area contributed by atoms with Gasteiger partial charge < -0.3 is 15.7 Å². The molecule has 0 aliphatic carbocycles. The topological polar surface area (TPSA) is 61.4 Å². The highest BCUT2D eigenvalue weighted by Crippen LogP contribution is 2.21. The number of hydrogen-bond donors (Lipinski definition) is 3. The van der Waals surface area contributed by atoms with E-state index in [2.05, 4.69) is 31.4 Å². The van der Waals surface area contributed by atoms with Crippen LogP contribution in [0, 0.1) is 5.41 Å².